The minimum Gasteiger partial charge on any atom is -0.435 e. The maximum Gasteiger partial charge on any atom is 0.387 e. The lowest BCUT2D eigenvalue weighted by atomic mass is 10.1. The normalized spacial score (nSPS) is 11.9. The van der Waals surface area contributed by atoms with Gasteiger partial charge in [-0.15, -0.1) is 0 Å². The third-order valence-electron chi connectivity index (χ3n) is 5.34. The number of amides is 2. The van der Waals surface area contributed by atoms with Crippen LogP contribution in [0.5, 0.6) is 5.75 Å². The fraction of sp³-hybridized carbons (Fsp3) is 0.375. The maximum atomic E-state index is 12.9. The van der Waals surface area contributed by atoms with Gasteiger partial charge in [-0.25, -0.2) is 9.97 Å². The zero-order valence-electron chi connectivity index (χ0n) is 20.6. The van der Waals surface area contributed by atoms with Crippen LogP contribution in [0.25, 0.3) is 33.5 Å². The van der Waals surface area contributed by atoms with E-state index in [0.717, 1.165) is 0 Å². The first-order valence-corrected chi connectivity index (χ1v) is 11.3. The number of hydrogen-bond donors (Lipinski definition) is 2. The molecule has 2 N–H and O–H groups in total. The van der Waals surface area contributed by atoms with Crippen LogP contribution in [0.4, 0.5) is 8.78 Å². The van der Waals surface area contributed by atoms with Crippen LogP contribution in [0.1, 0.15) is 37.6 Å². The van der Waals surface area contributed by atoms with Crippen molar-refractivity contribution in [2.24, 2.45) is 0 Å². The van der Waals surface area contributed by atoms with E-state index in [2.05, 4.69) is 30.1 Å². The number of ether oxygens (including phenoxy) is 1. The molecule has 0 atom stereocenters. The average Bonchev–Trinajstić information content (AvgIpc) is 3.36. The van der Waals surface area contributed by atoms with Crippen LogP contribution in [0.3, 0.4) is 0 Å². The number of aromatic amines is 1. The van der Waals surface area contributed by atoms with E-state index < -0.39 is 12.2 Å². The standard InChI is InChI=1S/C24H27F2N7O3/c1-24(2,3)30-22(35)15-11-27-21-20(15)29-16(12-28-21)19-14-10-13(36-23(25)26)6-7-17(14)33(31-19)9-8-18(34)32(4)5/h6-7,10-12,23H,8-9H2,1-5H3,(H,27,28)(H,30,35). The average molecular weight is 500 g/mol. The number of carbonyl (C=O) groups excluding carboxylic acids is 2. The molecular weight excluding hydrogens is 472 g/mol. The zero-order valence-corrected chi connectivity index (χ0v) is 20.6. The molecule has 190 valence electrons. The highest BCUT2D eigenvalue weighted by molar-refractivity contribution is 6.05. The number of rotatable bonds is 7. The summed E-state index contributed by atoms with van der Waals surface area (Å²) in [6, 6.07) is 4.47. The predicted molar refractivity (Wildman–Crippen MR) is 130 cm³/mol. The summed E-state index contributed by atoms with van der Waals surface area (Å²) in [6.07, 6.45) is 3.22. The van der Waals surface area contributed by atoms with Gasteiger partial charge in [-0.1, -0.05) is 0 Å². The van der Waals surface area contributed by atoms with Gasteiger partial charge in [0, 0.05) is 37.6 Å². The van der Waals surface area contributed by atoms with E-state index in [1.165, 1.54) is 29.4 Å². The van der Waals surface area contributed by atoms with Crippen LogP contribution < -0.4 is 10.1 Å². The Bertz CT molecular complexity index is 1440. The SMILES string of the molecule is CN(C)C(=O)CCn1nc(-c2cnc3[nH]cc(C(=O)NC(C)(C)C)c3n2)c2cc(OC(F)F)ccc21. The third kappa shape index (κ3) is 5.26. The van der Waals surface area contributed by atoms with Gasteiger partial charge in [0.2, 0.25) is 5.91 Å². The van der Waals surface area contributed by atoms with Crippen LogP contribution in [-0.2, 0) is 11.3 Å². The summed E-state index contributed by atoms with van der Waals surface area (Å²) in [6.45, 7) is 2.89. The molecule has 0 radical (unpaired) electrons. The molecule has 10 nitrogen and oxygen atoms in total. The molecule has 4 aromatic rings. The van der Waals surface area contributed by atoms with Crippen molar-refractivity contribution in [3.8, 4) is 17.1 Å². The highest BCUT2D eigenvalue weighted by atomic mass is 19.3. The molecule has 3 aromatic heterocycles. The molecule has 0 aliphatic heterocycles. The minimum absolute atomic E-state index is 0.0383. The molecule has 4 rings (SSSR count). The lowest BCUT2D eigenvalue weighted by molar-refractivity contribution is -0.128. The molecule has 0 saturated heterocycles. The zero-order chi connectivity index (χ0) is 26.2. The Morgan fingerprint density at radius 1 is 1.25 bits per heavy atom. The fourth-order valence-electron chi connectivity index (χ4n) is 3.71. The molecular formula is C24H27F2N7O3. The summed E-state index contributed by atoms with van der Waals surface area (Å²) >= 11 is 0. The molecule has 36 heavy (non-hydrogen) atoms. The van der Waals surface area contributed by atoms with Crippen molar-refractivity contribution in [1.82, 2.24) is 34.9 Å². The Labute approximate surface area is 205 Å². The van der Waals surface area contributed by atoms with Gasteiger partial charge in [-0.05, 0) is 39.0 Å². The van der Waals surface area contributed by atoms with Crippen molar-refractivity contribution >= 4 is 33.9 Å². The van der Waals surface area contributed by atoms with Gasteiger partial charge in [0.05, 0.1) is 23.8 Å². The monoisotopic (exact) mass is 499 g/mol. The minimum atomic E-state index is -2.99. The van der Waals surface area contributed by atoms with Gasteiger partial charge < -0.3 is 19.9 Å². The van der Waals surface area contributed by atoms with Crippen molar-refractivity contribution in [3.63, 3.8) is 0 Å². The molecule has 0 aliphatic carbocycles. The van der Waals surface area contributed by atoms with Gasteiger partial charge in [-0.3, -0.25) is 14.3 Å². The predicted octanol–water partition coefficient (Wildman–Crippen LogP) is 3.58. The number of fused-ring (bicyclic) bond motifs is 2. The summed E-state index contributed by atoms with van der Waals surface area (Å²) in [5, 5.41) is 8.02. The first-order valence-electron chi connectivity index (χ1n) is 11.3. The Hall–Kier alpha value is -4.09. The maximum absolute atomic E-state index is 12.9. The summed E-state index contributed by atoms with van der Waals surface area (Å²) in [4.78, 5) is 38.4. The topological polar surface area (TPSA) is 118 Å². The van der Waals surface area contributed by atoms with Crippen LogP contribution >= 0.6 is 0 Å². The highest BCUT2D eigenvalue weighted by Crippen LogP contribution is 2.31. The lowest BCUT2D eigenvalue weighted by Gasteiger charge is -2.19. The second kappa shape index (κ2) is 9.51. The van der Waals surface area contributed by atoms with E-state index in [1.807, 2.05) is 20.8 Å². The lowest BCUT2D eigenvalue weighted by Crippen LogP contribution is -2.40. The van der Waals surface area contributed by atoms with Gasteiger partial charge in [0.25, 0.3) is 5.91 Å². The molecule has 0 bridgehead atoms. The smallest absolute Gasteiger partial charge is 0.387 e. The number of aryl methyl sites for hydroxylation is 1. The Balaban J connectivity index is 1.81. The van der Waals surface area contributed by atoms with Crippen molar-refractivity contribution in [3.05, 3.63) is 36.2 Å². The van der Waals surface area contributed by atoms with E-state index >= 15 is 0 Å². The molecule has 0 fully saturated rings. The number of carbonyl (C=O) groups is 2. The number of halogens is 2. The van der Waals surface area contributed by atoms with Crippen molar-refractivity contribution in [1.29, 1.82) is 0 Å². The molecule has 12 heteroatoms. The number of nitrogens with zero attached hydrogens (tertiary/aromatic N) is 5. The summed E-state index contributed by atoms with van der Waals surface area (Å²) in [5.41, 5.74) is 1.94. The highest BCUT2D eigenvalue weighted by Gasteiger charge is 2.22. The number of alkyl halides is 2. The quantitative estimate of drug-likeness (QED) is 0.401. The Morgan fingerprint density at radius 3 is 2.67 bits per heavy atom. The number of hydrogen-bond acceptors (Lipinski definition) is 6. The molecule has 1 aromatic carbocycles. The third-order valence-corrected chi connectivity index (χ3v) is 5.34. The van der Waals surface area contributed by atoms with Gasteiger partial charge in [-0.2, -0.15) is 13.9 Å². The van der Waals surface area contributed by atoms with Gasteiger partial charge in [0.15, 0.2) is 5.65 Å². The molecule has 3 heterocycles. The summed E-state index contributed by atoms with van der Waals surface area (Å²) in [7, 11) is 3.33. The fourth-order valence-corrected chi connectivity index (χ4v) is 3.71. The molecule has 0 saturated carbocycles. The summed E-state index contributed by atoms with van der Waals surface area (Å²) < 4.78 is 31.9. The van der Waals surface area contributed by atoms with Crippen LogP contribution in [0, 0.1) is 0 Å². The van der Waals surface area contributed by atoms with Crippen LogP contribution in [0.2, 0.25) is 0 Å². The van der Waals surface area contributed by atoms with Gasteiger partial charge in [0.1, 0.15) is 22.7 Å². The second-order valence-corrected chi connectivity index (χ2v) is 9.53. The molecule has 0 spiro atoms. The van der Waals surface area contributed by atoms with Crippen LogP contribution in [0.15, 0.2) is 30.6 Å². The van der Waals surface area contributed by atoms with E-state index in [-0.39, 0.29) is 30.5 Å². The Morgan fingerprint density at radius 2 is 2.00 bits per heavy atom. The van der Waals surface area contributed by atoms with Crippen molar-refractivity contribution in [2.75, 3.05) is 14.1 Å². The molecule has 0 unspecified atom stereocenters. The molecule has 0 aliphatic rings. The van der Waals surface area contributed by atoms with E-state index in [1.54, 1.807) is 24.8 Å². The van der Waals surface area contributed by atoms with Crippen molar-refractivity contribution in [2.45, 2.75) is 45.9 Å². The molecule has 2 amide bonds. The number of aromatic nitrogens is 5. The van der Waals surface area contributed by atoms with Gasteiger partial charge >= 0.3 is 6.61 Å². The number of benzene rings is 1. The van der Waals surface area contributed by atoms with Crippen LogP contribution in [-0.4, -0.2) is 67.7 Å². The van der Waals surface area contributed by atoms with E-state index in [4.69, 9.17) is 0 Å². The van der Waals surface area contributed by atoms with E-state index in [9.17, 15) is 18.4 Å². The first kappa shape index (κ1) is 25.0. The van der Waals surface area contributed by atoms with E-state index in [0.29, 0.717) is 39.0 Å². The Kier molecular flexibility index (Phi) is 6.61. The summed E-state index contributed by atoms with van der Waals surface area (Å²) in [5.74, 6) is -0.435. The first-order chi connectivity index (χ1) is 16.9. The largest absolute Gasteiger partial charge is 0.435 e. The second-order valence-electron chi connectivity index (χ2n) is 9.53. The van der Waals surface area contributed by atoms with Crippen molar-refractivity contribution < 1.29 is 23.1 Å². The number of nitrogens with one attached hydrogen (secondary N) is 2. The number of H-pyrrole nitrogens is 1.